The van der Waals surface area contributed by atoms with Crippen molar-refractivity contribution < 1.29 is 0 Å². The third kappa shape index (κ3) is 3.97. The molecule has 250 valence electrons. The van der Waals surface area contributed by atoms with Gasteiger partial charge in [0.15, 0.2) is 0 Å². The van der Waals surface area contributed by atoms with Gasteiger partial charge in [-0.1, -0.05) is 172 Å². The van der Waals surface area contributed by atoms with Crippen LogP contribution in [0.15, 0.2) is 188 Å². The van der Waals surface area contributed by atoms with Gasteiger partial charge in [0.1, 0.15) is 0 Å². The lowest BCUT2D eigenvalue weighted by Gasteiger charge is -2.31. The second-order valence-corrected chi connectivity index (χ2v) is 15.2. The number of hydrogen-bond acceptors (Lipinski definition) is 1. The van der Waals surface area contributed by atoms with Crippen LogP contribution in [0.1, 0.15) is 47.2 Å². The maximum Gasteiger partial charge on any atom is 0.0725 e. The van der Waals surface area contributed by atoms with Gasteiger partial charge in [0.2, 0.25) is 0 Å². The molecule has 11 rings (SSSR count). The van der Waals surface area contributed by atoms with Crippen LogP contribution in [0.5, 0.6) is 0 Å². The molecule has 0 saturated carbocycles. The summed E-state index contributed by atoms with van der Waals surface area (Å²) < 4.78 is 0. The number of anilines is 3. The molecule has 0 bridgehead atoms. The molecule has 8 aromatic rings. The van der Waals surface area contributed by atoms with E-state index in [0.29, 0.717) is 0 Å². The lowest BCUT2D eigenvalue weighted by Crippen LogP contribution is -2.25. The van der Waals surface area contributed by atoms with E-state index in [1.54, 1.807) is 0 Å². The first kappa shape index (κ1) is 30.2. The van der Waals surface area contributed by atoms with E-state index >= 15 is 0 Å². The van der Waals surface area contributed by atoms with Crippen LogP contribution in [0.25, 0.3) is 44.5 Å². The van der Waals surface area contributed by atoms with Crippen molar-refractivity contribution in [3.05, 3.63) is 221 Å². The summed E-state index contributed by atoms with van der Waals surface area (Å²) in [5.74, 6) is 0. The molecule has 0 saturated heterocycles. The lowest BCUT2D eigenvalue weighted by molar-refractivity contribution is 0.660. The minimum atomic E-state index is -0.385. The molecule has 0 amide bonds. The quantitative estimate of drug-likeness (QED) is 0.179. The Morgan fingerprint density at radius 1 is 0.321 bits per heavy atom. The highest BCUT2D eigenvalue weighted by Crippen LogP contribution is 2.64. The van der Waals surface area contributed by atoms with Crippen molar-refractivity contribution >= 4 is 17.1 Å². The number of benzene rings is 8. The van der Waals surface area contributed by atoms with Gasteiger partial charge in [0.05, 0.1) is 11.1 Å². The SMILES string of the molecule is CC1(C)c2ccccc2-c2ccc(N(c3ccccc3)c3ccccc3-c3cccc4c3-c3ccccc3C43c4ccccc4-c4ccccc43)cc21. The van der Waals surface area contributed by atoms with Gasteiger partial charge in [0, 0.05) is 22.4 Å². The lowest BCUT2D eigenvalue weighted by atomic mass is 9.70. The molecule has 0 heterocycles. The van der Waals surface area contributed by atoms with Crippen LogP contribution >= 0.6 is 0 Å². The summed E-state index contributed by atoms with van der Waals surface area (Å²) in [5, 5.41) is 0. The molecule has 1 heteroatoms. The van der Waals surface area contributed by atoms with Gasteiger partial charge >= 0.3 is 0 Å². The molecule has 8 aromatic carbocycles. The predicted octanol–water partition coefficient (Wildman–Crippen LogP) is 13.5. The minimum absolute atomic E-state index is 0.101. The summed E-state index contributed by atoms with van der Waals surface area (Å²) in [6.07, 6.45) is 0. The number of hydrogen-bond donors (Lipinski definition) is 0. The van der Waals surface area contributed by atoms with E-state index in [4.69, 9.17) is 0 Å². The average Bonchev–Trinajstić information content (AvgIpc) is 3.78. The van der Waals surface area contributed by atoms with E-state index in [9.17, 15) is 0 Å². The fourth-order valence-electron chi connectivity index (χ4n) is 10.1. The van der Waals surface area contributed by atoms with Crippen LogP contribution in [0.4, 0.5) is 17.1 Å². The predicted molar refractivity (Wildman–Crippen MR) is 220 cm³/mol. The van der Waals surface area contributed by atoms with Crippen molar-refractivity contribution in [2.24, 2.45) is 0 Å². The van der Waals surface area contributed by atoms with Crippen molar-refractivity contribution in [1.82, 2.24) is 0 Å². The first-order valence-electron chi connectivity index (χ1n) is 18.7. The minimum Gasteiger partial charge on any atom is -0.310 e. The molecule has 1 nitrogen and oxygen atoms in total. The fourth-order valence-corrected chi connectivity index (χ4v) is 10.1. The van der Waals surface area contributed by atoms with Crippen molar-refractivity contribution in [3.8, 4) is 44.5 Å². The van der Waals surface area contributed by atoms with Crippen LogP contribution in [0, 0.1) is 0 Å². The zero-order valence-corrected chi connectivity index (χ0v) is 29.8. The maximum atomic E-state index is 2.46. The Hall–Kier alpha value is -6.44. The first-order valence-corrected chi connectivity index (χ1v) is 18.7. The molecular weight excluding hydrogens is 639 g/mol. The van der Waals surface area contributed by atoms with Gasteiger partial charge in [-0.25, -0.2) is 0 Å². The second-order valence-electron chi connectivity index (χ2n) is 15.2. The van der Waals surface area contributed by atoms with Crippen LogP contribution in [0.3, 0.4) is 0 Å². The number of para-hydroxylation sites is 2. The van der Waals surface area contributed by atoms with E-state index in [-0.39, 0.29) is 10.8 Å². The van der Waals surface area contributed by atoms with Gasteiger partial charge in [0.25, 0.3) is 0 Å². The van der Waals surface area contributed by atoms with Crippen LogP contribution in [-0.2, 0) is 10.8 Å². The smallest absolute Gasteiger partial charge is 0.0725 e. The summed E-state index contributed by atoms with van der Waals surface area (Å²) in [6, 6.07) is 70.1. The average molecular weight is 676 g/mol. The molecule has 3 aliphatic rings. The van der Waals surface area contributed by atoms with E-state index in [0.717, 1.165) is 17.1 Å². The van der Waals surface area contributed by atoms with Crippen molar-refractivity contribution in [1.29, 1.82) is 0 Å². The highest BCUT2D eigenvalue weighted by molar-refractivity contribution is 6.02. The van der Waals surface area contributed by atoms with Crippen LogP contribution in [-0.4, -0.2) is 0 Å². The number of nitrogens with zero attached hydrogens (tertiary/aromatic N) is 1. The van der Waals surface area contributed by atoms with Gasteiger partial charge in [-0.3, -0.25) is 0 Å². The molecule has 53 heavy (non-hydrogen) atoms. The third-order valence-corrected chi connectivity index (χ3v) is 12.3. The molecule has 0 atom stereocenters. The Bertz CT molecular complexity index is 2720. The molecule has 0 unspecified atom stereocenters. The topological polar surface area (TPSA) is 3.24 Å². The van der Waals surface area contributed by atoms with E-state index < -0.39 is 0 Å². The van der Waals surface area contributed by atoms with E-state index in [1.165, 1.54) is 77.9 Å². The van der Waals surface area contributed by atoms with E-state index in [2.05, 4.69) is 207 Å². The molecule has 0 fully saturated rings. The normalized spacial score (nSPS) is 14.5. The van der Waals surface area contributed by atoms with Gasteiger partial charge in [-0.05, 0) is 103 Å². The monoisotopic (exact) mass is 675 g/mol. The summed E-state index contributed by atoms with van der Waals surface area (Å²) in [6.45, 7) is 4.73. The second kappa shape index (κ2) is 11.0. The Morgan fingerprint density at radius 2 is 0.792 bits per heavy atom. The fraction of sp³-hybridized carbons (Fsp3) is 0.0769. The summed E-state index contributed by atoms with van der Waals surface area (Å²) in [5.41, 5.74) is 21.6. The maximum absolute atomic E-state index is 2.46. The summed E-state index contributed by atoms with van der Waals surface area (Å²) >= 11 is 0. The molecule has 0 radical (unpaired) electrons. The van der Waals surface area contributed by atoms with Crippen molar-refractivity contribution in [2.45, 2.75) is 24.7 Å². The Labute approximate surface area is 311 Å². The summed E-state index contributed by atoms with van der Waals surface area (Å²) in [4.78, 5) is 2.46. The van der Waals surface area contributed by atoms with Crippen molar-refractivity contribution in [3.63, 3.8) is 0 Å². The Balaban J connectivity index is 1.17. The molecule has 0 aromatic heterocycles. The number of fused-ring (bicyclic) bond motifs is 13. The Kier molecular flexibility index (Phi) is 6.29. The van der Waals surface area contributed by atoms with Crippen molar-refractivity contribution in [2.75, 3.05) is 4.90 Å². The number of rotatable bonds is 4. The summed E-state index contributed by atoms with van der Waals surface area (Å²) in [7, 11) is 0. The van der Waals surface area contributed by atoms with Crippen LogP contribution in [0.2, 0.25) is 0 Å². The Morgan fingerprint density at radius 3 is 1.47 bits per heavy atom. The van der Waals surface area contributed by atoms with Gasteiger partial charge < -0.3 is 4.90 Å². The van der Waals surface area contributed by atoms with E-state index in [1.807, 2.05) is 0 Å². The zero-order valence-electron chi connectivity index (χ0n) is 29.8. The molecule has 1 spiro atoms. The zero-order chi connectivity index (χ0) is 35.3. The highest BCUT2D eigenvalue weighted by Gasteiger charge is 2.52. The standard InChI is InChI=1S/C52H37N/c1-51(2)43-25-11-6-19-36(43)39-32-31-35(33-48(39)51)53(34-17-4-3-5-18-34)49-30-15-10-22-40(49)41-24-16-29-47-50(41)42-23-9-14-28-46(42)52(47)44-26-12-7-20-37(44)38-21-8-13-27-45(38)52/h3-33H,1-2H3. The molecule has 0 N–H and O–H groups in total. The van der Waals surface area contributed by atoms with Gasteiger partial charge in [-0.15, -0.1) is 0 Å². The molecule has 3 aliphatic carbocycles. The first-order chi connectivity index (χ1) is 26.1. The third-order valence-electron chi connectivity index (χ3n) is 12.3. The highest BCUT2D eigenvalue weighted by atomic mass is 15.1. The van der Waals surface area contributed by atoms with Crippen LogP contribution < -0.4 is 4.90 Å². The molecular formula is C52H37N. The van der Waals surface area contributed by atoms with Gasteiger partial charge in [-0.2, -0.15) is 0 Å². The molecule has 0 aliphatic heterocycles. The largest absolute Gasteiger partial charge is 0.310 e.